The number of nitriles is 1. The number of methoxy groups -OCH3 is 1. The first-order valence-electron chi connectivity index (χ1n) is 6.47. The molecule has 1 aromatic carbocycles. The predicted molar refractivity (Wildman–Crippen MR) is 78.9 cm³/mol. The largest absolute Gasteiger partial charge is 0.465 e. The lowest BCUT2D eigenvalue weighted by Gasteiger charge is -1.98. The van der Waals surface area contributed by atoms with Crippen molar-refractivity contribution in [3.8, 4) is 6.07 Å². The third-order valence-electron chi connectivity index (χ3n) is 3.21. The van der Waals surface area contributed by atoms with Gasteiger partial charge in [-0.15, -0.1) is 0 Å². The van der Waals surface area contributed by atoms with Crippen molar-refractivity contribution in [3.05, 3.63) is 41.2 Å². The van der Waals surface area contributed by atoms with E-state index in [1.165, 1.54) is 7.11 Å². The van der Waals surface area contributed by atoms with Crippen molar-refractivity contribution in [2.24, 2.45) is 0 Å². The molecule has 3 aromatic rings. The van der Waals surface area contributed by atoms with Crippen molar-refractivity contribution in [1.82, 2.24) is 9.97 Å². The Bertz CT molecular complexity index is 868. The van der Waals surface area contributed by atoms with Crippen LogP contribution in [0.25, 0.3) is 11.0 Å². The lowest BCUT2D eigenvalue weighted by atomic mass is 10.1. The highest BCUT2D eigenvalue weighted by Gasteiger charge is 2.24. The van der Waals surface area contributed by atoms with Crippen LogP contribution >= 0.6 is 0 Å². The maximum Gasteiger partial charge on any atom is 0.342 e. The van der Waals surface area contributed by atoms with Gasteiger partial charge >= 0.3 is 5.97 Å². The zero-order chi connectivity index (χ0) is 15.7. The Hall–Kier alpha value is -3.27. The molecule has 0 aliphatic carbocycles. The number of carbonyl (C=O) groups is 1. The van der Waals surface area contributed by atoms with E-state index in [9.17, 15) is 10.1 Å². The summed E-state index contributed by atoms with van der Waals surface area (Å²) in [5, 5.41) is 12.2. The highest BCUT2D eigenvalue weighted by atomic mass is 16.5. The fraction of sp³-hybridized carbons (Fsp3) is 0.133. The van der Waals surface area contributed by atoms with Gasteiger partial charge in [0, 0.05) is 0 Å². The number of aromatic nitrogens is 2. The summed E-state index contributed by atoms with van der Waals surface area (Å²) in [7, 11) is 1.25. The Morgan fingerprint density at radius 2 is 2.23 bits per heavy atom. The molecule has 0 bridgehead atoms. The molecule has 0 unspecified atom stereocenters. The second kappa shape index (κ2) is 5.26. The molecular formula is C15H12N4O3. The summed E-state index contributed by atoms with van der Waals surface area (Å²) < 4.78 is 10.1. The Morgan fingerprint density at radius 1 is 1.45 bits per heavy atom. The van der Waals surface area contributed by atoms with Gasteiger partial charge in [-0.3, -0.25) is 5.32 Å². The monoisotopic (exact) mass is 296 g/mol. The number of fused-ring (bicyclic) bond motifs is 1. The molecule has 0 aliphatic heterocycles. The van der Waals surface area contributed by atoms with Gasteiger partial charge < -0.3 is 14.1 Å². The number of carbonyl (C=O) groups excluding carboxylic acids is 1. The molecule has 7 heteroatoms. The number of para-hydroxylation sites is 2. The Labute approximate surface area is 125 Å². The van der Waals surface area contributed by atoms with Crippen molar-refractivity contribution in [1.29, 1.82) is 5.26 Å². The molecule has 0 saturated heterocycles. The number of H-pyrrole nitrogens is 1. The maximum atomic E-state index is 11.7. The first-order chi connectivity index (χ1) is 10.6. The van der Waals surface area contributed by atoms with Crippen molar-refractivity contribution < 1.29 is 13.9 Å². The molecule has 0 atom stereocenters. The normalized spacial score (nSPS) is 10.4. The minimum Gasteiger partial charge on any atom is -0.465 e. The van der Waals surface area contributed by atoms with Crippen LogP contribution in [-0.4, -0.2) is 23.0 Å². The fourth-order valence-corrected chi connectivity index (χ4v) is 2.21. The standard InChI is InChI=1S/C15H12N4O3/c1-8-12(14(20)21-2)9(7-16)13(22-8)19-15-17-10-5-3-4-6-11(10)18-15/h3-6H,1-2H3,(H2,17,18,19). The van der Waals surface area contributed by atoms with Gasteiger partial charge in [-0.2, -0.15) is 5.26 Å². The Morgan fingerprint density at radius 3 is 2.91 bits per heavy atom. The van der Waals surface area contributed by atoms with Crippen LogP contribution in [-0.2, 0) is 4.74 Å². The molecule has 3 rings (SSSR count). The number of aryl methyl sites for hydroxylation is 1. The molecule has 2 aromatic heterocycles. The van der Waals surface area contributed by atoms with Crippen LogP contribution in [0.5, 0.6) is 0 Å². The number of anilines is 2. The van der Waals surface area contributed by atoms with Crippen molar-refractivity contribution in [2.45, 2.75) is 6.92 Å². The summed E-state index contributed by atoms with van der Waals surface area (Å²) in [6.07, 6.45) is 0. The number of aromatic amines is 1. The zero-order valence-corrected chi connectivity index (χ0v) is 11.9. The summed E-state index contributed by atoms with van der Waals surface area (Å²) in [5.74, 6) is 0.264. The molecule has 0 saturated carbocycles. The van der Waals surface area contributed by atoms with E-state index >= 15 is 0 Å². The number of esters is 1. The maximum absolute atomic E-state index is 11.7. The number of imidazole rings is 1. The summed E-state index contributed by atoms with van der Waals surface area (Å²) in [6, 6.07) is 9.45. The van der Waals surface area contributed by atoms with Gasteiger partial charge in [0.2, 0.25) is 11.8 Å². The quantitative estimate of drug-likeness (QED) is 0.720. The molecule has 2 heterocycles. The zero-order valence-electron chi connectivity index (χ0n) is 11.9. The van der Waals surface area contributed by atoms with E-state index in [4.69, 9.17) is 4.42 Å². The van der Waals surface area contributed by atoms with Crippen LogP contribution in [0.2, 0.25) is 0 Å². The van der Waals surface area contributed by atoms with Crippen LogP contribution < -0.4 is 5.32 Å². The lowest BCUT2D eigenvalue weighted by Crippen LogP contribution is -2.04. The third-order valence-corrected chi connectivity index (χ3v) is 3.21. The number of nitrogens with zero attached hydrogens (tertiary/aromatic N) is 2. The van der Waals surface area contributed by atoms with Crippen molar-refractivity contribution in [2.75, 3.05) is 12.4 Å². The van der Waals surface area contributed by atoms with E-state index in [2.05, 4.69) is 20.0 Å². The Balaban J connectivity index is 2.02. The van der Waals surface area contributed by atoms with E-state index < -0.39 is 5.97 Å². The summed E-state index contributed by atoms with van der Waals surface area (Å²) in [5.41, 5.74) is 1.83. The predicted octanol–water partition coefficient (Wildman–Crippen LogP) is 2.87. The molecular weight excluding hydrogens is 284 g/mol. The van der Waals surface area contributed by atoms with Gasteiger partial charge in [0.15, 0.2) is 0 Å². The molecule has 0 spiro atoms. The van der Waals surface area contributed by atoms with Gasteiger partial charge in [-0.05, 0) is 19.1 Å². The molecule has 22 heavy (non-hydrogen) atoms. The van der Waals surface area contributed by atoms with Crippen LogP contribution in [0.1, 0.15) is 21.7 Å². The molecule has 0 amide bonds. The number of benzene rings is 1. The van der Waals surface area contributed by atoms with E-state index in [-0.39, 0.29) is 17.0 Å². The van der Waals surface area contributed by atoms with Crippen molar-refractivity contribution in [3.63, 3.8) is 0 Å². The van der Waals surface area contributed by atoms with Crippen LogP contribution in [0.15, 0.2) is 28.7 Å². The van der Waals surface area contributed by atoms with Gasteiger partial charge in [-0.1, -0.05) is 12.1 Å². The molecule has 7 nitrogen and oxygen atoms in total. The molecule has 2 N–H and O–H groups in total. The minimum absolute atomic E-state index is 0.0878. The number of furan rings is 1. The third kappa shape index (κ3) is 2.16. The molecule has 0 fully saturated rings. The van der Waals surface area contributed by atoms with Crippen molar-refractivity contribution >= 4 is 28.8 Å². The topological polar surface area (TPSA) is 104 Å². The average molecular weight is 296 g/mol. The smallest absolute Gasteiger partial charge is 0.342 e. The highest BCUT2D eigenvalue weighted by molar-refractivity contribution is 5.95. The van der Waals surface area contributed by atoms with Crippen LogP contribution in [0.3, 0.4) is 0 Å². The second-order valence-electron chi connectivity index (χ2n) is 4.57. The van der Waals surface area contributed by atoms with Crippen LogP contribution in [0, 0.1) is 18.3 Å². The van der Waals surface area contributed by atoms with E-state index in [0.717, 1.165) is 11.0 Å². The average Bonchev–Trinajstić information content (AvgIpc) is 3.06. The van der Waals surface area contributed by atoms with Gasteiger partial charge in [-0.25, -0.2) is 9.78 Å². The fourth-order valence-electron chi connectivity index (χ4n) is 2.21. The lowest BCUT2D eigenvalue weighted by molar-refractivity contribution is 0.0598. The molecule has 0 radical (unpaired) electrons. The first-order valence-corrected chi connectivity index (χ1v) is 6.47. The van der Waals surface area contributed by atoms with Gasteiger partial charge in [0.05, 0.1) is 18.1 Å². The first kappa shape index (κ1) is 13.7. The number of rotatable bonds is 3. The number of hydrogen-bond donors (Lipinski definition) is 2. The van der Waals surface area contributed by atoms with Gasteiger partial charge in [0.1, 0.15) is 23.0 Å². The number of ether oxygens (including phenoxy) is 1. The highest BCUT2D eigenvalue weighted by Crippen LogP contribution is 2.29. The summed E-state index contributed by atoms with van der Waals surface area (Å²) in [4.78, 5) is 19.1. The van der Waals surface area contributed by atoms with E-state index in [1.54, 1.807) is 6.92 Å². The van der Waals surface area contributed by atoms with E-state index in [0.29, 0.717) is 11.7 Å². The second-order valence-corrected chi connectivity index (χ2v) is 4.57. The summed E-state index contributed by atoms with van der Waals surface area (Å²) in [6.45, 7) is 1.59. The molecule has 0 aliphatic rings. The van der Waals surface area contributed by atoms with Gasteiger partial charge in [0.25, 0.3) is 0 Å². The number of hydrogen-bond acceptors (Lipinski definition) is 6. The summed E-state index contributed by atoms with van der Waals surface area (Å²) >= 11 is 0. The molecule has 110 valence electrons. The SMILES string of the molecule is COC(=O)c1c(C)oc(Nc2nc3ccccc3[nH]2)c1C#N. The Kier molecular flexibility index (Phi) is 3.27. The minimum atomic E-state index is -0.615. The van der Waals surface area contributed by atoms with Crippen LogP contribution in [0.4, 0.5) is 11.8 Å². The van der Waals surface area contributed by atoms with E-state index in [1.807, 2.05) is 30.3 Å². The number of nitrogens with one attached hydrogen (secondary N) is 2.